The first-order valence-corrected chi connectivity index (χ1v) is 42.6. The number of benzene rings is 12. The summed E-state index contributed by atoms with van der Waals surface area (Å²) >= 11 is 0. The maximum atomic E-state index is 13.9. The molecule has 0 radical (unpaired) electrons. The van der Waals surface area contributed by atoms with Gasteiger partial charge in [-0.3, -0.25) is 33.6 Å². The van der Waals surface area contributed by atoms with Crippen LogP contribution in [0.2, 0.25) is 0 Å². The number of carbonyl (C=O) groups is 7. The number of para-hydroxylation sites is 3. The molecule has 0 saturated heterocycles. The zero-order chi connectivity index (χ0) is 84.2. The third-order valence-electron chi connectivity index (χ3n) is 26.0. The third-order valence-corrected chi connectivity index (χ3v) is 26.0. The summed E-state index contributed by atoms with van der Waals surface area (Å²) in [7, 11) is 0. The number of nitrogens with one attached hydrogen (secondary N) is 4. The van der Waals surface area contributed by atoms with E-state index in [9.17, 15) is 33.6 Å². The van der Waals surface area contributed by atoms with Crippen molar-refractivity contribution >= 4 is 75.5 Å². The Morgan fingerprint density at radius 3 is 1.10 bits per heavy atom. The molecular weight excluding hydrogens is 1510 g/mol. The molecule has 5 atom stereocenters. The third kappa shape index (κ3) is 17.7. The van der Waals surface area contributed by atoms with Crippen molar-refractivity contribution in [1.82, 2.24) is 5.32 Å². The highest BCUT2D eigenvalue weighted by molar-refractivity contribution is 6.13. The van der Waals surface area contributed by atoms with Crippen LogP contribution >= 0.6 is 0 Å². The molecule has 0 bridgehead atoms. The summed E-state index contributed by atoms with van der Waals surface area (Å²) in [4.78, 5) is 99.1. The number of amides is 7. The summed E-state index contributed by atoms with van der Waals surface area (Å²) in [6.07, 6.45) is 16.6. The fourth-order valence-corrected chi connectivity index (χ4v) is 19.6. The predicted octanol–water partition coefficient (Wildman–Crippen LogP) is 19.7. The van der Waals surface area contributed by atoms with Crippen molar-refractivity contribution in [3.05, 3.63) is 371 Å². The topological polar surface area (TPSA) is 255 Å². The highest BCUT2D eigenvalue weighted by atomic mass is 16.2. The Kier molecular flexibility index (Phi) is 24.9. The van der Waals surface area contributed by atoms with Gasteiger partial charge in [0.25, 0.3) is 35.4 Å². The van der Waals surface area contributed by atoms with Gasteiger partial charge in [-0.1, -0.05) is 213 Å². The zero-order valence-corrected chi connectivity index (χ0v) is 68.5. The van der Waals surface area contributed by atoms with E-state index < -0.39 is 0 Å². The van der Waals surface area contributed by atoms with E-state index in [2.05, 4.69) is 51.6 Å². The van der Waals surface area contributed by atoms with Crippen LogP contribution in [0.4, 0.5) is 34.1 Å². The molecule has 3 fully saturated rings. The lowest BCUT2D eigenvalue weighted by Crippen LogP contribution is -2.48. The van der Waals surface area contributed by atoms with E-state index in [-0.39, 0.29) is 76.2 Å². The highest BCUT2D eigenvalue weighted by Gasteiger charge is 2.48. The first-order chi connectivity index (χ1) is 59.6. The average molecular weight is 1620 g/mol. The fraction of sp³-hybridized carbons (Fsp3) is 0.229. The minimum Gasteiger partial charge on any atom is -0.405 e. The summed E-state index contributed by atoms with van der Waals surface area (Å²) < 4.78 is 0. The number of fused-ring (bicyclic) bond motifs is 3. The molecule has 5 unspecified atom stereocenters. The molecule has 614 valence electrons. The van der Waals surface area contributed by atoms with Gasteiger partial charge in [0.1, 0.15) is 0 Å². The first-order valence-electron chi connectivity index (χ1n) is 42.6. The molecule has 18 rings (SSSR count). The van der Waals surface area contributed by atoms with Crippen LogP contribution in [0.5, 0.6) is 0 Å². The molecule has 12 aromatic carbocycles. The standard InChI is InChI=1S/C36H36N4O3.C35H33N3O2.C34H33N3O2/c37-24-33(41)39-32-15-8-20-36(32)21-22-40(31-14-7-4-11-27(31)23-36)35(43)26-16-18-28(19-17-26)38-34(42)30-13-6-5-12-29(30)25-9-2-1-3-10-25;36-24-28-12-8-20-35(28)21-22-38(32-15-7-4-11-27(32)23-35)34(40)26-16-18-29(19-17-26)37-33(39)31-14-6-5-13-30(31)25-9-2-1-3-10-25;35-31-15-8-20-34(31)21-22-37(30-14-7-4-11-26(30)23-34)33(39)25-16-18-27(19-17-25)36-32(38)29-13-6-5-12-28(29)24-9-2-1-3-10-24/h1-7,9-14,16-19,32H,8,15,20-24,37H2,(H,38,42)(H,39,41);1-7,9-11,13-19,24H,8,12,20-23,36H2,(H,37,39);1-7,9-14,16-19,31H,8,15,20-23,35H2,(H,36,38). The molecule has 6 aliphatic rings. The van der Waals surface area contributed by atoms with Crippen LogP contribution in [-0.2, 0) is 24.1 Å². The number of nitrogens with two attached hydrogens (primary N) is 3. The van der Waals surface area contributed by atoms with Gasteiger partial charge in [0.2, 0.25) is 5.91 Å². The van der Waals surface area contributed by atoms with E-state index in [1.165, 1.54) is 16.7 Å². The van der Waals surface area contributed by atoms with Crippen molar-refractivity contribution in [2.75, 3.05) is 56.8 Å². The van der Waals surface area contributed by atoms with Gasteiger partial charge < -0.3 is 53.2 Å². The minimum atomic E-state index is -0.210. The SMILES string of the molecule is NC1CCCC12CCN(C(=O)c1ccc(NC(=O)c3ccccc3-c3ccccc3)cc1)c1ccccc1C2.NC=C1CCCC12CCN(C(=O)c1ccc(NC(=O)c3ccccc3-c3ccccc3)cc1)c1ccccc1C2.NCC(=O)NC1CCCC12CCN(C(=O)c1ccc(NC(=O)c3ccccc3-c3ccccc3)cc1)c1ccccc1C2. The van der Waals surface area contributed by atoms with Crippen molar-refractivity contribution in [1.29, 1.82) is 0 Å². The lowest BCUT2D eigenvalue weighted by atomic mass is 9.74. The van der Waals surface area contributed by atoms with Crippen LogP contribution in [0.1, 0.15) is 156 Å². The largest absolute Gasteiger partial charge is 0.405 e. The Labute approximate surface area is 713 Å². The molecule has 3 aliphatic heterocycles. The van der Waals surface area contributed by atoms with Crippen LogP contribution in [0, 0.1) is 16.2 Å². The molecule has 3 saturated carbocycles. The summed E-state index contributed by atoms with van der Waals surface area (Å²) in [5.41, 5.74) is 36.9. The van der Waals surface area contributed by atoms with E-state index in [0.717, 1.165) is 152 Å². The van der Waals surface area contributed by atoms with E-state index in [0.29, 0.717) is 70.1 Å². The van der Waals surface area contributed by atoms with Gasteiger partial charge in [-0.05, 0) is 271 Å². The summed E-state index contributed by atoms with van der Waals surface area (Å²) in [6.45, 7) is 1.82. The zero-order valence-electron chi connectivity index (χ0n) is 68.5. The normalized spacial score (nSPS) is 19.7. The van der Waals surface area contributed by atoms with Crippen molar-refractivity contribution in [2.45, 2.75) is 108 Å². The molecule has 0 aromatic heterocycles. The number of hydrogen-bond donors (Lipinski definition) is 7. The Morgan fingerprint density at radius 2 is 0.705 bits per heavy atom. The van der Waals surface area contributed by atoms with Gasteiger partial charge in [-0.2, -0.15) is 0 Å². The van der Waals surface area contributed by atoms with Crippen molar-refractivity contribution < 1.29 is 33.6 Å². The minimum absolute atomic E-state index is 0.0240. The van der Waals surface area contributed by atoms with Gasteiger partial charge in [0, 0.05) is 99.2 Å². The summed E-state index contributed by atoms with van der Waals surface area (Å²) in [6, 6.07) is 98.5. The van der Waals surface area contributed by atoms with Crippen LogP contribution in [0.3, 0.4) is 0 Å². The quantitative estimate of drug-likeness (QED) is 0.0542. The molecule has 122 heavy (non-hydrogen) atoms. The van der Waals surface area contributed by atoms with E-state index >= 15 is 0 Å². The van der Waals surface area contributed by atoms with Gasteiger partial charge in [0.05, 0.1) is 6.54 Å². The molecule has 10 N–H and O–H groups in total. The van der Waals surface area contributed by atoms with E-state index in [1.54, 1.807) is 79.0 Å². The lowest BCUT2D eigenvalue weighted by molar-refractivity contribution is -0.121. The first kappa shape index (κ1) is 82.1. The number of allylic oxidation sites excluding steroid dienone is 1. The molecule has 17 heteroatoms. The molecule has 7 amide bonds. The highest BCUT2D eigenvalue weighted by Crippen LogP contribution is 2.52. The van der Waals surface area contributed by atoms with Gasteiger partial charge in [-0.25, -0.2) is 0 Å². The molecule has 3 spiro atoms. The van der Waals surface area contributed by atoms with Gasteiger partial charge >= 0.3 is 0 Å². The van der Waals surface area contributed by atoms with Crippen molar-refractivity contribution in [3.8, 4) is 33.4 Å². The van der Waals surface area contributed by atoms with Gasteiger partial charge in [0.15, 0.2) is 0 Å². The predicted molar refractivity (Wildman–Crippen MR) is 488 cm³/mol. The maximum absolute atomic E-state index is 13.9. The molecular formula is C105H102N10O7. The number of hydrogen-bond acceptors (Lipinski definition) is 10. The molecule has 12 aromatic rings. The van der Waals surface area contributed by atoms with Crippen molar-refractivity contribution in [2.24, 2.45) is 33.4 Å². The van der Waals surface area contributed by atoms with Crippen molar-refractivity contribution in [3.63, 3.8) is 0 Å². The number of carbonyl (C=O) groups excluding carboxylic acids is 7. The van der Waals surface area contributed by atoms with Gasteiger partial charge in [-0.15, -0.1) is 0 Å². The smallest absolute Gasteiger partial charge is 0.258 e. The lowest BCUT2D eigenvalue weighted by Gasteiger charge is -2.35. The maximum Gasteiger partial charge on any atom is 0.258 e. The monoisotopic (exact) mass is 1610 g/mol. The van der Waals surface area contributed by atoms with E-state index in [4.69, 9.17) is 17.2 Å². The van der Waals surface area contributed by atoms with Crippen LogP contribution < -0.4 is 53.2 Å². The Hall–Kier alpha value is -13.6. The van der Waals surface area contributed by atoms with Crippen LogP contribution in [0.25, 0.3) is 33.4 Å². The summed E-state index contributed by atoms with van der Waals surface area (Å²) in [5.74, 6) is -0.867. The fourth-order valence-electron chi connectivity index (χ4n) is 19.6. The van der Waals surface area contributed by atoms with E-state index in [1.807, 2.05) is 221 Å². The molecule has 3 heterocycles. The second kappa shape index (κ2) is 36.9. The molecule has 17 nitrogen and oxygen atoms in total. The number of anilines is 6. The second-order valence-electron chi connectivity index (χ2n) is 33.1. The Balaban J connectivity index is 0.000000136. The number of nitrogens with zero attached hydrogens (tertiary/aromatic N) is 3. The average Bonchev–Trinajstić information content (AvgIpc) is 1.63. The number of rotatable bonds is 14. The molecule has 3 aliphatic carbocycles. The van der Waals surface area contributed by atoms with Crippen LogP contribution in [-0.4, -0.2) is 79.6 Å². The van der Waals surface area contributed by atoms with Crippen LogP contribution in [0.15, 0.2) is 321 Å². The summed E-state index contributed by atoms with van der Waals surface area (Å²) in [5, 5.41) is 12.2. The Bertz CT molecular complexity index is 5850. The second-order valence-corrected chi connectivity index (χ2v) is 33.1. The Morgan fingerprint density at radius 1 is 0.361 bits per heavy atom.